The Kier molecular flexibility index (Phi) is 19.8. The van der Waals surface area contributed by atoms with E-state index < -0.39 is 55.0 Å². The van der Waals surface area contributed by atoms with E-state index in [4.69, 9.17) is 64.5 Å². The Morgan fingerprint density at radius 2 is 0.797 bits per heavy atom. The Labute approximate surface area is 780 Å². The molecule has 1 unspecified atom stereocenters. The fraction of sp³-hybridized carbons (Fsp3) is 0.379. The molecular weight excluding hydrogens is 1570 g/mol. The Morgan fingerprint density at radius 3 is 1.20 bits per heavy atom. The molecule has 0 N–H and O–H groups in total. The molecule has 8 aromatic heterocycles. The molecule has 3 saturated carbocycles. The van der Waals surface area contributed by atoms with Gasteiger partial charge in [-0.3, -0.25) is 0 Å². The monoisotopic (exact) mass is 1710 g/mol. The van der Waals surface area contributed by atoms with E-state index in [0.717, 1.165) is 212 Å². The van der Waals surface area contributed by atoms with Crippen LogP contribution in [0.4, 0.5) is 22.7 Å². The number of hydrogen-bond donors (Lipinski definition) is 0. The number of furan rings is 4. The van der Waals surface area contributed by atoms with Gasteiger partial charge in [-0.2, -0.15) is 18.3 Å². The average Bonchev–Trinajstić information content (AvgIpc) is 0.722. The molecule has 3 fully saturated rings. The van der Waals surface area contributed by atoms with E-state index in [-0.39, 0.29) is 45.4 Å². The number of pyridine rings is 4. The van der Waals surface area contributed by atoms with Crippen LogP contribution >= 0.6 is 0 Å². The second-order valence-electron chi connectivity index (χ2n) is 36.9. The lowest BCUT2D eigenvalue weighted by Crippen LogP contribution is -2.36. The topological polar surface area (TPSA) is 85.5 Å². The fourth-order valence-corrected chi connectivity index (χ4v) is 19.5. The van der Waals surface area contributed by atoms with Gasteiger partial charge in [0.15, 0.2) is 28.5 Å². The van der Waals surface area contributed by atoms with Crippen molar-refractivity contribution < 1.29 is 57.9 Å². The highest BCUT2D eigenvalue weighted by atomic mass is 16.3. The van der Waals surface area contributed by atoms with Crippen molar-refractivity contribution in [2.75, 3.05) is 0 Å². The molecule has 0 saturated heterocycles. The summed E-state index contributed by atoms with van der Waals surface area (Å²) in [7, 11) is 7.64. The van der Waals surface area contributed by atoms with Crippen LogP contribution < -0.4 is 18.3 Å². The van der Waals surface area contributed by atoms with Crippen molar-refractivity contribution in [3.05, 3.63) is 280 Å². The Morgan fingerprint density at radius 1 is 0.414 bits per heavy atom. The maximum absolute atomic E-state index is 9.35. The molecule has 3 aliphatic carbocycles. The number of aromatic nitrogens is 4. The molecule has 650 valence electrons. The summed E-state index contributed by atoms with van der Waals surface area (Å²) in [5, 5.41) is 6.69. The van der Waals surface area contributed by atoms with Crippen LogP contribution in [0, 0.1) is 108 Å². The molecule has 128 heavy (non-hydrogen) atoms. The summed E-state index contributed by atoms with van der Waals surface area (Å²) in [5.74, 6) is -4.96. The third kappa shape index (κ3) is 16.5. The van der Waals surface area contributed by atoms with Crippen LogP contribution in [-0.4, -0.2) is 0 Å². The van der Waals surface area contributed by atoms with Crippen LogP contribution in [-0.2, 0) is 34.6 Å². The summed E-state index contributed by atoms with van der Waals surface area (Å²) >= 11 is 0. The van der Waals surface area contributed by atoms with Crippen LogP contribution in [0.5, 0.6) is 0 Å². The number of benzene rings is 8. The maximum Gasteiger partial charge on any atom is 0.232 e. The highest BCUT2D eigenvalue weighted by molar-refractivity contribution is 6.16. The maximum atomic E-state index is 9.35. The van der Waals surface area contributed by atoms with E-state index in [1.165, 1.54) is 36.7 Å². The predicted octanol–water partition coefficient (Wildman–Crippen LogP) is 31.9. The van der Waals surface area contributed by atoms with Gasteiger partial charge in [0, 0.05) is 137 Å². The molecule has 19 rings (SSSR count). The molecule has 16 aromatic rings. The van der Waals surface area contributed by atoms with Crippen molar-refractivity contribution in [1.29, 1.82) is 0 Å². The third-order valence-electron chi connectivity index (χ3n) is 26.8. The number of hydrogen-bond acceptors (Lipinski definition) is 4. The van der Waals surface area contributed by atoms with Crippen molar-refractivity contribution in [3.8, 4) is 45.0 Å². The zero-order valence-corrected chi connectivity index (χ0v) is 77.9. The Hall–Kier alpha value is -12.5. The summed E-state index contributed by atoms with van der Waals surface area (Å²) in [6.07, 6.45) is 12.2. The van der Waals surface area contributed by atoms with Crippen molar-refractivity contribution in [2.45, 2.75) is 257 Å². The normalized spacial score (nSPS) is 17.6. The number of aryl methyl sites for hydroxylation is 7. The molecule has 0 amide bonds. The van der Waals surface area contributed by atoms with Gasteiger partial charge in [0.05, 0.1) is 52.7 Å². The van der Waals surface area contributed by atoms with E-state index >= 15 is 0 Å². The quantitative estimate of drug-likeness (QED) is 0.101. The SMILES string of the molecule is [2H]C(C)(C)c1cc(C)[n+](C)c(-c2c(C)ccc3c2oc2c([N+]#[C-])c(C4([2H])CCCCC4)ccc23)c1.[2H]C1(c2ccc3c(oc4c(-c5cc(C)cc(C)[n+]5C)c(C)ccc43)c2[N+]#[C-])CCCCC1.[2H]c1c(C([2H])([2H])C(C)(C)C)c(C([2H])([2H])[2H])c(C)[n+](C)c1-c1c(C)ccc2c1oc1cc([N+]#[C-])c(C([2H])(C)C([2H])([2H])[2H])cc12.[2H]c1c(C)c([2H])c(-c2c(C)ccc3c2oc2c([N+]#[C-])c(C4([2H])CCCCC4)ccc23)[n+](C)c1C. The lowest BCUT2D eigenvalue weighted by molar-refractivity contribution is -0.667. The van der Waals surface area contributed by atoms with Crippen LogP contribution in [0.1, 0.15) is 291 Å². The van der Waals surface area contributed by atoms with Crippen LogP contribution in [0.25, 0.3) is 152 Å². The summed E-state index contributed by atoms with van der Waals surface area (Å²) in [4.78, 5) is 15.2. The van der Waals surface area contributed by atoms with Gasteiger partial charge in [-0.25, -0.2) is 19.4 Å². The molecule has 0 spiro atoms. The van der Waals surface area contributed by atoms with E-state index in [1.54, 1.807) is 58.4 Å². The second kappa shape index (κ2) is 36.0. The first kappa shape index (κ1) is 70.6. The first-order chi connectivity index (χ1) is 67.5. The van der Waals surface area contributed by atoms with Crippen molar-refractivity contribution >= 4 is 111 Å². The van der Waals surface area contributed by atoms with Gasteiger partial charge >= 0.3 is 0 Å². The van der Waals surface area contributed by atoms with Crippen molar-refractivity contribution in [2.24, 2.45) is 33.6 Å². The Balaban J connectivity index is 0.000000138. The number of nitrogens with zero attached hydrogens (tertiary/aromatic N) is 8. The lowest BCUT2D eigenvalue weighted by atomic mass is 9.83. The zero-order chi connectivity index (χ0) is 105. The van der Waals surface area contributed by atoms with Crippen molar-refractivity contribution in [3.63, 3.8) is 0 Å². The summed E-state index contributed by atoms with van der Waals surface area (Å²) in [5.41, 5.74) is 23.4. The largest absolute Gasteiger partial charge is 0.466 e. The van der Waals surface area contributed by atoms with E-state index in [9.17, 15) is 1.37 Å². The molecular formula is C116H126N8O4+4. The van der Waals surface area contributed by atoms with Gasteiger partial charge in [-0.05, 0) is 201 Å². The molecule has 0 radical (unpaired) electrons. The minimum absolute atomic E-state index is 0.0243. The average molecular weight is 1710 g/mol. The molecule has 3 aliphatic rings. The van der Waals surface area contributed by atoms with Crippen LogP contribution in [0.3, 0.4) is 0 Å². The summed E-state index contributed by atoms with van der Waals surface area (Å²) < 4.78 is 172. The van der Waals surface area contributed by atoms with Gasteiger partial charge in [0.1, 0.15) is 72.9 Å². The molecule has 0 aliphatic heterocycles. The first-order valence-electron chi connectivity index (χ1n) is 53.0. The van der Waals surface area contributed by atoms with Crippen LogP contribution in [0.15, 0.2) is 157 Å². The summed E-state index contributed by atoms with van der Waals surface area (Å²) in [6, 6.07) is 40.0. The highest BCUT2D eigenvalue weighted by Gasteiger charge is 2.34. The highest BCUT2D eigenvalue weighted by Crippen LogP contribution is 2.52. The lowest BCUT2D eigenvalue weighted by Gasteiger charge is -2.23. The van der Waals surface area contributed by atoms with Gasteiger partial charge in [0.2, 0.25) is 39.8 Å². The standard InChI is InChI=1S/C30H33N2O.C30H35N2O.2C28H29N2O/c1-18(2)22-16-20(4)32(6)26(17-22)27-19(3)12-13-24-25-15-14-23(21-10-8-7-9-11-21)28(31-5)30(25)33-29(24)27;1-17(2)23-14-24-22-12-11-18(3)28(29(22)33-27(24)15-25(23)31-9)26-13-21(16-30(6,7)8)19(4)20(5)32(26)10;2*1-17-15-19(3)30(5)24(16-17)25-18(2)11-12-22-23-14-13-21(20-9-7-6-8-10-20)26(29-4)28(23)31-27(22)25/h12-18,21H,7-11H2,1-4,6H3;11-15,17H,16H2,1-8,10H3;2*11-16,20H,6-10H2,1-3,5H3/q4*+1/i18D,21D;1D3,4D3,13D,16D2,17D;15D,16D,20D;20D. The van der Waals surface area contributed by atoms with Gasteiger partial charge in [0.25, 0.3) is 0 Å². The minimum atomic E-state index is -2.71. The molecule has 12 heteroatoms. The Bertz CT molecular complexity index is 8160. The van der Waals surface area contributed by atoms with Crippen LogP contribution in [0.2, 0.25) is 0 Å². The smallest absolute Gasteiger partial charge is 0.232 e. The zero-order valence-electron chi connectivity index (χ0n) is 93.9. The third-order valence-corrected chi connectivity index (χ3v) is 26.8. The summed E-state index contributed by atoms with van der Waals surface area (Å²) in [6.45, 7) is 55.9. The predicted molar refractivity (Wildman–Crippen MR) is 527 cm³/mol. The van der Waals surface area contributed by atoms with E-state index in [2.05, 4.69) is 125 Å². The molecule has 8 heterocycles. The van der Waals surface area contributed by atoms with Crippen molar-refractivity contribution in [1.82, 2.24) is 0 Å². The van der Waals surface area contributed by atoms with Gasteiger partial charge in [-0.15, -0.1) is 0 Å². The van der Waals surface area contributed by atoms with Gasteiger partial charge < -0.3 is 17.7 Å². The van der Waals surface area contributed by atoms with E-state index in [0.29, 0.717) is 90.2 Å². The van der Waals surface area contributed by atoms with E-state index in [1.807, 2.05) is 95.7 Å². The molecule has 0 bridgehead atoms. The van der Waals surface area contributed by atoms with Gasteiger partial charge in [-0.1, -0.05) is 197 Å². The molecule has 8 aromatic carbocycles. The number of fused-ring (bicyclic) bond motifs is 12. The minimum Gasteiger partial charge on any atom is -0.466 e. The first-order valence-corrected chi connectivity index (χ1v) is 45.0. The number of rotatable bonds is 10. The fourth-order valence-electron chi connectivity index (χ4n) is 19.5. The second-order valence-corrected chi connectivity index (χ2v) is 36.9. The molecule has 1 atom stereocenters. The molecule has 12 nitrogen and oxygen atoms in total.